The van der Waals surface area contributed by atoms with Crippen molar-refractivity contribution >= 4 is 16.8 Å². The number of carbonyl (C=O) groups excluding carboxylic acids is 1. The third kappa shape index (κ3) is 3.52. The Hall–Kier alpha value is -2.89. The van der Waals surface area contributed by atoms with E-state index in [1.807, 2.05) is 48.5 Å². The Morgan fingerprint density at radius 1 is 1.30 bits per heavy atom. The zero-order valence-corrected chi connectivity index (χ0v) is 15.5. The van der Waals surface area contributed by atoms with Crippen LogP contribution in [0, 0.1) is 6.92 Å². The number of imidazole rings is 1. The fourth-order valence-electron chi connectivity index (χ4n) is 4.03. The summed E-state index contributed by atoms with van der Waals surface area (Å²) in [7, 11) is 0. The number of piperidine rings is 1. The van der Waals surface area contributed by atoms with Gasteiger partial charge in [-0.15, -0.1) is 0 Å². The lowest BCUT2D eigenvalue weighted by atomic mass is 9.97. The highest BCUT2D eigenvalue weighted by Crippen LogP contribution is 2.25. The second-order valence-corrected chi connectivity index (χ2v) is 7.20. The number of nitrogens with zero attached hydrogens (tertiary/aromatic N) is 3. The average molecular weight is 364 g/mol. The van der Waals surface area contributed by atoms with E-state index in [4.69, 9.17) is 0 Å². The molecule has 6 nitrogen and oxygen atoms in total. The molecule has 0 aliphatic carbocycles. The van der Waals surface area contributed by atoms with Crippen LogP contribution in [0.1, 0.15) is 41.9 Å². The molecule has 0 unspecified atom stereocenters. The van der Waals surface area contributed by atoms with Crippen LogP contribution in [0.3, 0.4) is 0 Å². The number of aromatic amines is 1. The Labute approximate surface area is 157 Å². The zero-order chi connectivity index (χ0) is 18.8. The molecule has 1 amide bonds. The zero-order valence-electron chi connectivity index (χ0n) is 15.5. The van der Waals surface area contributed by atoms with Gasteiger partial charge < -0.3 is 14.5 Å². The lowest BCUT2D eigenvalue weighted by Crippen LogP contribution is -2.44. The standard InChI is InChI=1S/C21H24N4O2/c1-15-22-10-13-24(15)12-9-16-6-4-5-11-25(16)21(27)18-14-20(26)23-19-8-3-2-7-17(18)19/h2-3,7-8,10,13-14,16H,4-6,9,11-12H2,1H3,(H,23,26)/t16-/m1/s1. The number of rotatable bonds is 4. The van der Waals surface area contributed by atoms with Crippen molar-refractivity contribution in [3.8, 4) is 0 Å². The molecule has 1 saturated heterocycles. The number of aryl methyl sites for hydroxylation is 2. The lowest BCUT2D eigenvalue weighted by Gasteiger charge is -2.36. The van der Waals surface area contributed by atoms with E-state index >= 15 is 0 Å². The molecule has 0 bridgehead atoms. The summed E-state index contributed by atoms with van der Waals surface area (Å²) in [5, 5.41) is 0.803. The lowest BCUT2D eigenvalue weighted by molar-refractivity contribution is 0.0597. The molecule has 3 aromatic rings. The van der Waals surface area contributed by atoms with Crippen LogP contribution in [0.2, 0.25) is 0 Å². The van der Waals surface area contributed by atoms with E-state index in [-0.39, 0.29) is 17.5 Å². The van der Waals surface area contributed by atoms with Gasteiger partial charge in [-0.3, -0.25) is 9.59 Å². The molecular weight excluding hydrogens is 340 g/mol. The molecule has 0 radical (unpaired) electrons. The Morgan fingerprint density at radius 2 is 2.15 bits per heavy atom. The number of H-pyrrole nitrogens is 1. The molecule has 3 heterocycles. The van der Waals surface area contributed by atoms with E-state index in [9.17, 15) is 9.59 Å². The predicted molar refractivity (Wildman–Crippen MR) is 105 cm³/mol. The van der Waals surface area contributed by atoms with Crippen molar-refractivity contribution in [3.05, 3.63) is 64.5 Å². The second kappa shape index (κ2) is 7.39. The van der Waals surface area contributed by atoms with Crippen LogP contribution in [-0.2, 0) is 6.54 Å². The molecule has 1 fully saturated rings. The molecule has 0 spiro atoms. The molecular formula is C21H24N4O2. The maximum atomic E-state index is 13.4. The highest BCUT2D eigenvalue weighted by molar-refractivity contribution is 6.06. The van der Waals surface area contributed by atoms with Crippen LogP contribution in [-0.4, -0.2) is 37.9 Å². The van der Waals surface area contributed by atoms with Gasteiger partial charge in [0.05, 0.1) is 5.56 Å². The normalized spacial score (nSPS) is 17.4. The average Bonchev–Trinajstić information content (AvgIpc) is 3.10. The number of likely N-dealkylation sites (tertiary alicyclic amines) is 1. The quantitative estimate of drug-likeness (QED) is 0.773. The van der Waals surface area contributed by atoms with Gasteiger partial charge in [0, 0.05) is 48.5 Å². The van der Waals surface area contributed by atoms with Crippen molar-refractivity contribution in [2.75, 3.05) is 6.54 Å². The maximum Gasteiger partial charge on any atom is 0.254 e. The summed E-state index contributed by atoms with van der Waals surface area (Å²) in [6, 6.07) is 9.12. The van der Waals surface area contributed by atoms with E-state index in [1.165, 1.54) is 6.07 Å². The van der Waals surface area contributed by atoms with Gasteiger partial charge in [0.15, 0.2) is 0 Å². The fraction of sp³-hybridized carbons (Fsp3) is 0.381. The largest absolute Gasteiger partial charge is 0.336 e. The number of hydrogen-bond acceptors (Lipinski definition) is 3. The fourth-order valence-corrected chi connectivity index (χ4v) is 4.03. The monoisotopic (exact) mass is 364 g/mol. The molecule has 140 valence electrons. The van der Waals surface area contributed by atoms with Gasteiger partial charge in [0.25, 0.3) is 5.91 Å². The third-order valence-corrected chi connectivity index (χ3v) is 5.50. The highest BCUT2D eigenvalue weighted by atomic mass is 16.2. The van der Waals surface area contributed by atoms with Crippen LogP contribution in [0.4, 0.5) is 0 Å². The van der Waals surface area contributed by atoms with E-state index in [1.54, 1.807) is 0 Å². The van der Waals surface area contributed by atoms with Gasteiger partial charge in [0.1, 0.15) is 5.82 Å². The summed E-state index contributed by atoms with van der Waals surface area (Å²) in [4.78, 5) is 34.5. The molecule has 4 rings (SSSR count). The number of benzene rings is 1. The number of amides is 1. The van der Waals surface area contributed by atoms with Gasteiger partial charge in [-0.25, -0.2) is 4.98 Å². The summed E-state index contributed by atoms with van der Waals surface area (Å²) in [6.07, 6.45) is 7.82. The minimum Gasteiger partial charge on any atom is -0.336 e. The molecule has 1 aliphatic heterocycles. The van der Waals surface area contributed by atoms with Gasteiger partial charge in [-0.1, -0.05) is 18.2 Å². The molecule has 27 heavy (non-hydrogen) atoms. The van der Waals surface area contributed by atoms with Crippen molar-refractivity contribution in [2.45, 2.75) is 45.2 Å². The van der Waals surface area contributed by atoms with Crippen LogP contribution >= 0.6 is 0 Å². The number of aromatic nitrogens is 3. The first-order chi connectivity index (χ1) is 13.1. The van der Waals surface area contributed by atoms with Crippen LogP contribution in [0.15, 0.2) is 47.5 Å². The summed E-state index contributed by atoms with van der Waals surface area (Å²) >= 11 is 0. The molecule has 0 saturated carbocycles. The second-order valence-electron chi connectivity index (χ2n) is 7.20. The van der Waals surface area contributed by atoms with Crippen LogP contribution in [0.25, 0.3) is 10.9 Å². The smallest absolute Gasteiger partial charge is 0.254 e. The predicted octanol–water partition coefficient (Wildman–Crippen LogP) is 3.12. The SMILES string of the molecule is Cc1nccn1CC[C@H]1CCCCN1C(=O)c1cc(=O)[nH]c2ccccc12. The molecule has 1 aliphatic rings. The molecule has 1 atom stereocenters. The van der Waals surface area contributed by atoms with Crippen molar-refractivity contribution < 1.29 is 4.79 Å². The summed E-state index contributed by atoms with van der Waals surface area (Å²) in [6.45, 7) is 3.58. The Bertz CT molecular complexity index is 1020. The highest BCUT2D eigenvalue weighted by Gasteiger charge is 2.28. The molecule has 6 heteroatoms. The van der Waals surface area contributed by atoms with Crippen LogP contribution < -0.4 is 5.56 Å². The first-order valence-electron chi connectivity index (χ1n) is 9.54. The molecule has 2 aromatic heterocycles. The Balaban J connectivity index is 1.61. The maximum absolute atomic E-state index is 13.4. The number of carbonyl (C=O) groups is 1. The number of fused-ring (bicyclic) bond motifs is 1. The number of hydrogen-bond donors (Lipinski definition) is 1. The third-order valence-electron chi connectivity index (χ3n) is 5.50. The topological polar surface area (TPSA) is 71.0 Å². The van der Waals surface area contributed by atoms with Gasteiger partial charge in [-0.05, 0) is 38.7 Å². The molecule has 1 N–H and O–H groups in total. The first-order valence-corrected chi connectivity index (χ1v) is 9.54. The van der Waals surface area contributed by atoms with Crippen molar-refractivity contribution in [2.24, 2.45) is 0 Å². The van der Waals surface area contributed by atoms with Crippen molar-refractivity contribution in [1.82, 2.24) is 19.4 Å². The summed E-state index contributed by atoms with van der Waals surface area (Å²) in [5.74, 6) is 0.952. The van der Waals surface area contributed by atoms with Crippen LogP contribution in [0.5, 0.6) is 0 Å². The Kier molecular flexibility index (Phi) is 4.79. The minimum absolute atomic E-state index is 0.0376. The summed E-state index contributed by atoms with van der Waals surface area (Å²) in [5.41, 5.74) is 0.968. The first kappa shape index (κ1) is 17.5. The number of nitrogens with one attached hydrogen (secondary N) is 1. The number of pyridine rings is 1. The summed E-state index contributed by atoms with van der Waals surface area (Å²) < 4.78 is 2.12. The van der Waals surface area contributed by atoms with Gasteiger partial charge in [-0.2, -0.15) is 0 Å². The van der Waals surface area contributed by atoms with Gasteiger partial charge >= 0.3 is 0 Å². The van der Waals surface area contributed by atoms with E-state index < -0.39 is 0 Å². The minimum atomic E-state index is -0.236. The Morgan fingerprint density at radius 3 is 2.96 bits per heavy atom. The number of para-hydroxylation sites is 1. The van der Waals surface area contributed by atoms with E-state index in [0.29, 0.717) is 11.1 Å². The van der Waals surface area contributed by atoms with Crippen molar-refractivity contribution in [3.63, 3.8) is 0 Å². The van der Waals surface area contributed by atoms with E-state index in [0.717, 1.165) is 50.0 Å². The van der Waals surface area contributed by atoms with Gasteiger partial charge in [0.2, 0.25) is 5.56 Å². The molecule has 1 aromatic carbocycles. The van der Waals surface area contributed by atoms with E-state index in [2.05, 4.69) is 14.5 Å². The van der Waals surface area contributed by atoms with Crippen molar-refractivity contribution in [1.29, 1.82) is 0 Å².